The van der Waals surface area contributed by atoms with Gasteiger partial charge in [0.15, 0.2) is 0 Å². The number of isocyanates is 1. The second kappa shape index (κ2) is 19.3. The summed E-state index contributed by atoms with van der Waals surface area (Å²) in [4.78, 5) is 18.0. The third-order valence-corrected chi connectivity index (χ3v) is 12.1. The lowest BCUT2D eigenvalue weighted by molar-refractivity contribution is -0.0227. The first-order chi connectivity index (χ1) is 25.9. The highest BCUT2D eigenvalue weighted by Crippen LogP contribution is 2.41. The van der Waals surface area contributed by atoms with Gasteiger partial charge in [0.05, 0.1) is 55.2 Å². The third kappa shape index (κ3) is 11.0. The van der Waals surface area contributed by atoms with E-state index >= 15 is 0 Å². The number of piperidine rings is 1. The quantitative estimate of drug-likeness (QED) is 0.0751. The first-order valence-corrected chi connectivity index (χ1v) is 20.3. The number of ether oxygens (including phenoxy) is 5. The molecular weight excluding hydrogens is 707 g/mol. The molecule has 4 atom stereocenters. The lowest BCUT2D eigenvalue weighted by Crippen LogP contribution is -2.53. The molecule has 2 heterocycles. The highest BCUT2D eigenvalue weighted by Gasteiger charge is 2.44. The number of carbonyl (C=O) groups excluding carboxylic acids is 1. The Morgan fingerprint density at radius 3 is 2.43 bits per heavy atom. The summed E-state index contributed by atoms with van der Waals surface area (Å²) in [6.07, 6.45) is 2.95. The molecule has 1 fully saturated rings. The molecule has 12 heteroatoms. The summed E-state index contributed by atoms with van der Waals surface area (Å²) in [6, 6.07) is 20.9. The molecule has 3 aromatic carbocycles. The molecule has 294 valence electrons. The Labute approximate surface area is 321 Å². The van der Waals surface area contributed by atoms with Crippen molar-refractivity contribution in [3.8, 4) is 5.75 Å². The predicted molar refractivity (Wildman–Crippen MR) is 209 cm³/mol. The third-order valence-electron chi connectivity index (χ3n) is 10.2. The van der Waals surface area contributed by atoms with E-state index in [2.05, 4.69) is 47.1 Å². The van der Waals surface area contributed by atoms with Crippen LogP contribution in [0.4, 0.5) is 5.69 Å². The van der Waals surface area contributed by atoms with Crippen LogP contribution in [0.2, 0.25) is 0 Å². The maximum atomic E-state index is 14.5. The van der Waals surface area contributed by atoms with Crippen LogP contribution < -0.4 is 9.64 Å². The zero-order valence-corrected chi connectivity index (χ0v) is 33.5. The van der Waals surface area contributed by atoms with Gasteiger partial charge in [-0.25, -0.2) is 13.2 Å². The van der Waals surface area contributed by atoms with Gasteiger partial charge in [0.25, 0.3) is 0 Å². The molecule has 2 aliphatic rings. The van der Waals surface area contributed by atoms with Crippen molar-refractivity contribution in [1.29, 1.82) is 0 Å². The van der Waals surface area contributed by atoms with E-state index in [9.17, 15) is 13.2 Å². The summed E-state index contributed by atoms with van der Waals surface area (Å²) in [6.45, 7) is 12.8. The molecule has 0 saturated carbocycles. The molecule has 3 aromatic rings. The van der Waals surface area contributed by atoms with Gasteiger partial charge in [0.1, 0.15) is 12.4 Å². The van der Waals surface area contributed by atoms with E-state index in [0.717, 1.165) is 53.2 Å². The van der Waals surface area contributed by atoms with Gasteiger partial charge in [-0.05, 0) is 81.0 Å². The van der Waals surface area contributed by atoms with E-state index < -0.39 is 27.7 Å². The Morgan fingerprint density at radius 1 is 0.981 bits per heavy atom. The molecule has 2 aliphatic heterocycles. The van der Waals surface area contributed by atoms with Crippen LogP contribution >= 0.6 is 0 Å². The summed E-state index contributed by atoms with van der Waals surface area (Å²) in [7, 11) is -0.536. The molecular formula is C42H57N3O8S. The number of fused-ring (bicyclic) bond motifs is 1. The Balaban J connectivity index is 1.45. The highest BCUT2D eigenvalue weighted by atomic mass is 32.2. The first-order valence-electron chi connectivity index (χ1n) is 18.9. The first kappa shape index (κ1) is 41.6. The van der Waals surface area contributed by atoms with E-state index in [1.807, 2.05) is 45.0 Å². The fourth-order valence-electron chi connectivity index (χ4n) is 7.42. The van der Waals surface area contributed by atoms with Crippen LogP contribution in [0.25, 0.3) is 0 Å². The van der Waals surface area contributed by atoms with Crippen molar-refractivity contribution >= 4 is 21.8 Å². The van der Waals surface area contributed by atoms with Crippen LogP contribution in [0.3, 0.4) is 0 Å². The van der Waals surface area contributed by atoms with Crippen LogP contribution in [0.1, 0.15) is 68.2 Å². The summed E-state index contributed by atoms with van der Waals surface area (Å²) in [5, 5.41) is 0. The number of hydrogen-bond donors (Lipinski definition) is 0. The minimum atomic E-state index is -3.94. The summed E-state index contributed by atoms with van der Waals surface area (Å²) in [5.74, 6) is 0.993. The number of rotatable bonds is 19. The van der Waals surface area contributed by atoms with Gasteiger partial charge in [-0.3, -0.25) is 0 Å². The second-order valence-corrected chi connectivity index (χ2v) is 17.1. The maximum Gasteiger partial charge on any atom is 0.243 e. The normalized spacial score (nSPS) is 19.8. The minimum absolute atomic E-state index is 0.131. The predicted octanol–water partition coefficient (Wildman–Crippen LogP) is 6.67. The Hall–Kier alpha value is -3.61. The zero-order valence-electron chi connectivity index (χ0n) is 32.7. The average Bonchev–Trinajstić information content (AvgIpc) is 3.14. The molecule has 0 spiro atoms. The van der Waals surface area contributed by atoms with E-state index in [4.69, 9.17) is 23.7 Å². The monoisotopic (exact) mass is 763 g/mol. The lowest BCUT2D eigenvalue weighted by atomic mass is 9.80. The molecule has 0 aliphatic carbocycles. The summed E-state index contributed by atoms with van der Waals surface area (Å²) < 4.78 is 59.8. The van der Waals surface area contributed by atoms with E-state index in [0.29, 0.717) is 51.8 Å². The largest absolute Gasteiger partial charge is 0.490 e. The number of benzene rings is 3. The fraction of sp³-hybridized carbons (Fsp3) is 0.548. The molecule has 0 unspecified atom stereocenters. The van der Waals surface area contributed by atoms with Gasteiger partial charge in [0.2, 0.25) is 16.1 Å². The molecule has 0 amide bonds. The van der Waals surface area contributed by atoms with E-state index in [1.165, 1.54) is 0 Å². The Kier molecular flexibility index (Phi) is 14.9. The van der Waals surface area contributed by atoms with Crippen LogP contribution in [0, 0.1) is 12.8 Å². The molecule has 0 radical (unpaired) electrons. The second-order valence-electron chi connectivity index (χ2n) is 15.3. The van der Waals surface area contributed by atoms with Crippen molar-refractivity contribution < 1.29 is 36.9 Å². The zero-order chi connectivity index (χ0) is 38.7. The van der Waals surface area contributed by atoms with Gasteiger partial charge in [0, 0.05) is 51.8 Å². The van der Waals surface area contributed by atoms with Gasteiger partial charge < -0.3 is 28.6 Å². The standard InChI is InChI=1S/C42H57N3O8S/c1-31-8-15-37(16-9-31)54(47,48)45-25-41(53-29-34-12-17-40-39(22-34)44(19-21-52-40)18-7-20-49-5)38(23-36(45)24-42(3,4)43-30-46)35-13-10-33(11-14-35)28-51-27-32(2)26-50-6/h8-17,22,32,36,38,41H,7,18-21,23-29H2,1-6H3/t32-,36+,38+,41-/m0/s1. The van der Waals surface area contributed by atoms with Gasteiger partial charge in [-0.2, -0.15) is 9.30 Å². The smallest absolute Gasteiger partial charge is 0.243 e. The molecule has 0 N–H and O–H groups in total. The van der Waals surface area contributed by atoms with Crippen molar-refractivity contribution in [2.75, 3.05) is 65.2 Å². The number of methoxy groups -OCH3 is 2. The van der Waals surface area contributed by atoms with E-state index in [1.54, 1.807) is 36.7 Å². The summed E-state index contributed by atoms with van der Waals surface area (Å²) >= 11 is 0. The van der Waals surface area contributed by atoms with Gasteiger partial charge in [-0.1, -0.05) is 55.0 Å². The van der Waals surface area contributed by atoms with E-state index in [-0.39, 0.29) is 24.0 Å². The van der Waals surface area contributed by atoms with Crippen LogP contribution in [0.5, 0.6) is 5.75 Å². The SMILES string of the molecule is COCCCN1CCOc2ccc(CO[C@H]3CN(S(=O)(=O)c4ccc(C)cc4)[C@@H](CC(C)(C)N=C=O)C[C@@H]3c3ccc(COC[C@@H](C)COC)cc3)cc21. The highest BCUT2D eigenvalue weighted by molar-refractivity contribution is 7.89. The fourth-order valence-corrected chi connectivity index (χ4v) is 9.07. The average molecular weight is 764 g/mol. The number of sulfonamides is 1. The molecule has 5 rings (SSSR count). The van der Waals surface area contributed by atoms with Crippen LogP contribution in [0.15, 0.2) is 76.6 Å². The van der Waals surface area contributed by atoms with Gasteiger partial charge >= 0.3 is 0 Å². The molecule has 54 heavy (non-hydrogen) atoms. The molecule has 0 bridgehead atoms. The molecule has 1 saturated heterocycles. The van der Waals surface area contributed by atoms with Crippen molar-refractivity contribution in [3.63, 3.8) is 0 Å². The van der Waals surface area contributed by atoms with Crippen molar-refractivity contribution in [2.45, 2.75) is 88.7 Å². The Bertz CT molecular complexity index is 1790. The minimum Gasteiger partial charge on any atom is -0.490 e. The molecule has 0 aromatic heterocycles. The van der Waals surface area contributed by atoms with Crippen molar-refractivity contribution in [2.24, 2.45) is 10.9 Å². The molecule has 11 nitrogen and oxygen atoms in total. The number of aryl methyl sites for hydroxylation is 1. The van der Waals surface area contributed by atoms with Gasteiger partial charge in [-0.15, -0.1) is 0 Å². The number of hydrogen-bond acceptors (Lipinski definition) is 10. The van der Waals surface area contributed by atoms with Crippen LogP contribution in [-0.2, 0) is 47.0 Å². The van der Waals surface area contributed by atoms with Crippen molar-refractivity contribution in [1.82, 2.24) is 4.31 Å². The maximum absolute atomic E-state index is 14.5. The number of anilines is 1. The summed E-state index contributed by atoms with van der Waals surface area (Å²) in [5.41, 5.74) is 4.24. The lowest BCUT2D eigenvalue weighted by Gasteiger charge is -2.45. The van der Waals surface area contributed by atoms with Crippen LogP contribution in [-0.4, -0.2) is 96.8 Å². The Morgan fingerprint density at radius 2 is 1.72 bits per heavy atom. The number of aliphatic imine (C=N–C) groups is 1. The van der Waals surface area contributed by atoms with Crippen molar-refractivity contribution in [3.05, 3.63) is 89.0 Å². The number of nitrogens with zero attached hydrogens (tertiary/aromatic N) is 3. The topological polar surface area (TPSA) is 116 Å².